The van der Waals surface area contributed by atoms with Crippen LogP contribution in [0.3, 0.4) is 0 Å². The van der Waals surface area contributed by atoms with Crippen molar-refractivity contribution in [3.05, 3.63) is 29.6 Å². The van der Waals surface area contributed by atoms with Gasteiger partial charge < -0.3 is 14.8 Å². The number of hydrogen-bond donors (Lipinski definition) is 2. The average Bonchev–Trinajstić information content (AvgIpc) is 2.72. The predicted octanol–water partition coefficient (Wildman–Crippen LogP) is 2.16. The molecule has 3 rings (SSSR count). The monoisotopic (exact) mass is 260 g/mol. The Kier molecular flexibility index (Phi) is 3.07. The first kappa shape index (κ1) is 12.6. The van der Waals surface area contributed by atoms with Crippen LogP contribution in [0.1, 0.15) is 24.7 Å². The molecule has 2 heterocycles. The molecule has 4 heteroatoms. The molecule has 2 N–H and O–H groups in total. The number of fused-ring (bicyclic) bond motifs is 1. The first-order chi connectivity index (χ1) is 9.19. The number of rotatable bonds is 4. The Morgan fingerprint density at radius 1 is 1.47 bits per heavy atom. The SMILES string of the molecule is CCC(CO)C1(c2ccc3nc(C)[nH]c3c2)COC1. The number of aromatic nitrogens is 2. The molecule has 4 nitrogen and oxygen atoms in total. The minimum absolute atomic E-state index is 0.0310. The lowest BCUT2D eigenvalue weighted by molar-refractivity contribution is -0.101. The Hall–Kier alpha value is -1.39. The molecular weight excluding hydrogens is 240 g/mol. The van der Waals surface area contributed by atoms with Crippen LogP contribution < -0.4 is 0 Å². The van der Waals surface area contributed by atoms with Gasteiger partial charge in [-0.15, -0.1) is 0 Å². The number of H-pyrrole nitrogens is 1. The Morgan fingerprint density at radius 2 is 2.26 bits per heavy atom. The van der Waals surface area contributed by atoms with Crippen molar-refractivity contribution in [2.75, 3.05) is 19.8 Å². The molecule has 0 bridgehead atoms. The zero-order valence-corrected chi connectivity index (χ0v) is 11.4. The number of imidazole rings is 1. The van der Waals surface area contributed by atoms with Crippen LogP contribution >= 0.6 is 0 Å². The van der Waals surface area contributed by atoms with Crippen LogP contribution in [0.5, 0.6) is 0 Å². The van der Waals surface area contributed by atoms with Crippen LogP contribution in [-0.4, -0.2) is 34.9 Å². The van der Waals surface area contributed by atoms with E-state index >= 15 is 0 Å². The average molecular weight is 260 g/mol. The maximum Gasteiger partial charge on any atom is 0.104 e. The Morgan fingerprint density at radius 3 is 2.84 bits per heavy atom. The van der Waals surface area contributed by atoms with Gasteiger partial charge in [0.15, 0.2) is 0 Å². The second kappa shape index (κ2) is 4.62. The predicted molar refractivity (Wildman–Crippen MR) is 74.2 cm³/mol. The Labute approximate surface area is 112 Å². The quantitative estimate of drug-likeness (QED) is 0.885. The number of aromatic amines is 1. The third-order valence-corrected chi connectivity index (χ3v) is 4.39. The normalized spacial score (nSPS) is 19.3. The summed E-state index contributed by atoms with van der Waals surface area (Å²) in [5.74, 6) is 1.18. The van der Waals surface area contributed by atoms with Gasteiger partial charge in [-0.25, -0.2) is 4.98 Å². The lowest BCUT2D eigenvalue weighted by atomic mass is 9.68. The number of nitrogens with one attached hydrogen (secondary N) is 1. The number of aliphatic hydroxyl groups excluding tert-OH is 1. The van der Waals surface area contributed by atoms with Gasteiger partial charge >= 0.3 is 0 Å². The highest BCUT2D eigenvalue weighted by molar-refractivity contribution is 5.76. The van der Waals surface area contributed by atoms with Crippen molar-refractivity contribution in [3.63, 3.8) is 0 Å². The molecule has 19 heavy (non-hydrogen) atoms. The largest absolute Gasteiger partial charge is 0.396 e. The lowest BCUT2D eigenvalue weighted by Crippen LogP contribution is -2.53. The number of aliphatic hydroxyl groups is 1. The number of hydrogen-bond acceptors (Lipinski definition) is 3. The molecule has 1 aromatic heterocycles. The van der Waals surface area contributed by atoms with Crippen molar-refractivity contribution < 1.29 is 9.84 Å². The third-order valence-electron chi connectivity index (χ3n) is 4.39. The van der Waals surface area contributed by atoms with Crippen molar-refractivity contribution in [1.29, 1.82) is 0 Å². The van der Waals surface area contributed by atoms with Gasteiger partial charge in [0.05, 0.1) is 24.2 Å². The molecule has 1 saturated heterocycles. The van der Waals surface area contributed by atoms with Crippen LogP contribution in [-0.2, 0) is 10.2 Å². The molecule has 0 radical (unpaired) electrons. The van der Waals surface area contributed by atoms with Crippen molar-refractivity contribution in [1.82, 2.24) is 9.97 Å². The van der Waals surface area contributed by atoms with Gasteiger partial charge in [0.25, 0.3) is 0 Å². The molecule has 1 aromatic carbocycles. The van der Waals surface area contributed by atoms with Crippen LogP contribution in [0.4, 0.5) is 0 Å². The van der Waals surface area contributed by atoms with E-state index in [2.05, 4.69) is 35.1 Å². The van der Waals surface area contributed by atoms with E-state index < -0.39 is 0 Å². The Balaban J connectivity index is 2.05. The van der Waals surface area contributed by atoms with Gasteiger partial charge in [-0.1, -0.05) is 19.4 Å². The summed E-state index contributed by atoms with van der Waals surface area (Å²) >= 11 is 0. The number of benzene rings is 1. The Bertz CT molecular complexity index is 583. The zero-order valence-electron chi connectivity index (χ0n) is 11.4. The fourth-order valence-electron chi connectivity index (χ4n) is 3.10. The van der Waals surface area contributed by atoms with E-state index in [1.165, 1.54) is 5.56 Å². The highest BCUT2D eigenvalue weighted by Gasteiger charge is 2.46. The van der Waals surface area contributed by atoms with E-state index in [1.54, 1.807) is 0 Å². The second-order valence-electron chi connectivity index (χ2n) is 5.49. The molecule has 0 aliphatic carbocycles. The molecular formula is C15H20N2O2. The summed E-state index contributed by atoms with van der Waals surface area (Å²) in [4.78, 5) is 7.71. The van der Waals surface area contributed by atoms with Crippen molar-refractivity contribution in [2.45, 2.75) is 25.7 Å². The summed E-state index contributed by atoms with van der Waals surface area (Å²) < 4.78 is 5.46. The first-order valence-corrected chi connectivity index (χ1v) is 6.85. The summed E-state index contributed by atoms with van der Waals surface area (Å²) in [7, 11) is 0. The molecule has 0 saturated carbocycles. The van der Waals surface area contributed by atoms with Gasteiger partial charge in [0.2, 0.25) is 0 Å². The topological polar surface area (TPSA) is 58.1 Å². The molecule has 1 fully saturated rings. The minimum Gasteiger partial charge on any atom is -0.396 e. The molecule has 1 aliphatic rings. The molecule has 2 aromatic rings. The van der Waals surface area contributed by atoms with E-state index in [0.29, 0.717) is 13.2 Å². The van der Waals surface area contributed by atoms with Crippen LogP contribution in [0.25, 0.3) is 11.0 Å². The van der Waals surface area contributed by atoms with E-state index in [4.69, 9.17) is 4.74 Å². The van der Waals surface area contributed by atoms with Gasteiger partial charge in [-0.2, -0.15) is 0 Å². The molecule has 1 unspecified atom stereocenters. The van der Waals surface area contributed by atoms with E-state index in [0.717, 1.165) is 23.3 Å². The highest BCUT2D eigenvalue weighted by atomic mass is 16.5. The van der Waals surface area contributed by atoms with Gasteiger partial charge in [-0.3, -0.25) is 0 Å². The lowest BCUT2D eigenvalue weighted by Gasteiger charge is -2.47. The van der Waals surface area contributed by atoms with Crippen molar-refractivity contribution >= 4 is 11.0 Å². The van der Waals surface area contributed by atoms with Crippen LogP contribution in [0, 0.1) is 12.8 Å². The summed E-state index contributed by atoms with van der Waals surface area (Å²) in [5.41, 5.74) is 3.27. The van der Waals surface area contributed by atoms with Gasteiger partial charge in [-0.05, 0) is 30.5 Å². The fourth-order valence-corrected chi connectivity index (χ4v) is 3.10. The van der Waals surface area contributed by atoms with Crippen LogP contribution in [0.2, 0.25) is 0 Å². The zero-order chi connectivity index (χ0) is 13.5. The summed E-state index contributed by atoms with van der Waals surface area (Å²) in [5, 5.41) is 9.63. The molecule has 1 atom stereocenters. The number of nitrogens with zero attached hydrogens (tertiary/aromatic N) is 1. The number of ether oxygens (including phenoxy) is 1. The molecule has 0 amide bonds. The highest BCUT2D eigenvalue weighted by Crippen LogP contribution is 2.41. The molecule has 0 spiro atoms. The number of aryl methyl sites for hydroxylation is 1. The molecule has 1 aliphatic heterocycles. The third kappa shape index (κ3) is 1.86. The van der Waals surface area contributed by atoms with Crippen molar-refractivity contribution in [3.8, 4) is 0 Å². The van der Waals surface area contributed by atoms with Gasteiger partial charge in [0, 0.05) is 12.0 Å². The summed E-state index contributed by atoms with van der Waals surface area (Å²) in [6.07, 6.45) is 0.958. The maximum absolute atomic E-state index is 9.63. The molecule has 102 valence electrons. The van der Waals surface area contributed by atoms with E-state index in [1.807, 2.05) is 6.92 Å². The standard InChI is InChI=1S/C15H20N2O2/c1-3-11(7-18)15(8-19-9-15)12-4-5-13-14(6-12)17-10(2)16-13/h4-6,11,18H,3,7-9H2,1-2H3,(H,16,17). The fraction of sp³-hybridized carbons (Fsp3) is 0.533. The minimum atomic E-state index is -0.0310. The van der Waals surface area contributed by atoms with Gasteiger partial charge in [0.1, 0.15) is 5.82 Å². The van der Waals surface area contributed by atoms with E-state index in [-0.39, 0.29) is 17.9 Å². The van der Waals surface area contributed by atoms with Crippen molar-refractivity contribution in [2.24, 2.45) is 5.92 Å². The maximum atomic E-state index is 9.63. The first-order valence-electron chi connectivity index (χ1n) is 6.85. The summed E-state index contributed by atoms with van der Waals surface area (Å²) in [6.45, 7) is 5.69. The smallest absolute Gasteiger partial charge is 0.104 e. The van der Waals surface area contributed by atoms with Crippen LogP contribution in [0.15, 0.2) is 18.2 Å². The summed E-state index contributed by atoms with van der Waals surface area (Å²) in [6, 6.07) is 6.35. The van der Waals surface area contributed by atoms with E-state index in [9.17, 15) is 5.11 Å². The second-order valence-corrected chi connectivity index (χ2v) is 5.49.